The third kappa shape index (κ3) is 2.29. The lowest BCUT2D eigenvalue weighted by Crippen LogP contribution is -2.65. The van der Waals surface area contributed by atoms with E-state index in [1.807, 2.05) is 0 Å². The van der Waals surface area contributed by atoms with Gasteiger partial charge in [0, 0.05) is 6.42 Å². The molecule has 2 rings (SSSR count). The molecule has 0 atom stereocenters. The second-order valence-corrected chi connectivity index (χ2v) is 5.99. The van der Waals surface area contributed by atoms with Gasteiger partial charge in [-0.15, -0.1) is 0 Å². The summed E-state index contributed by atoms with van der Waals surface area (Å²) in [6.45, 7) is 3.82. The summed E-state index contributed by atoms with van der Waals surface area (Å²) in [6.07, 6.45) is 2.07. The normalized spacial score (nSPS) is 23.1. The van der Waals surface area contributed by atoms with Crippen molar-refractivity contribution in [3.8, 4) is 0 Å². The van der Waals surface area contributed by atoms with Crippen molar-refractivity contribution in [3.63, 3.8) is 0 Å². The number of nitrogens with zero attached hydrogens (tertiary/aromatic N) is 1. The van der Waals surface area contributed by atoms with E-state index in [2.05, 4.69) is 0 Å². The van der Waals surface area contributed by atoms with Crippen LogP contribution in [0.25, 0.3) is 0 Å². The Bertz CT molecular complexity index is 354. The Morgan fingerprint density at radius 2 is 1.88 bits per heavy atom. The van der Waals surface area contributed by atoms with Crippen LogP contribution >= 0.6 is 0 Å². The highest BCUT2D eigenvalue weighted by Crippen LogP contribution is 2.44. The number of amides is 1. The fourth-order valence-electron chi connectivity index (χ4n) is 2.24. The average Bonchev–Trinajstić information content (AvgIpc) is 2.94. The van der Waals surface area contributed by atoms with Crippen LogP contribution in [-0.2, 0) is 9.59 Å². The first kappa shape index (κ1) is 12.4. The smallest absolute Gasteiger partial charge is 0.309 e. The van der Waals surface area contributed by atoms with Crippen molar-refractivity contribution >= 4 is 11.9 Å². The number of carboxylic acids is 1. The molecule has 0 aromatic rings. The van der Waals surface area contributed by atoms with Crippen LogP contribution in [0.5, 0.6) is 0 Å². The second-order valence-electron chi connectivity index (χ2n) is 5.99. The zero-order chi connectivity index (χ0) is 12.8. The largest absolute Gasteiger partial charge is 0.481 e. The number of carbonyl (C=O) groups is 2. The highest BCUT2D eigenvalue weighted by molar-refractivity contribution is 5.85. The van der Waals surface area contributed by atoms with Crippen molar-refractivity contribution in [1.29, 1.82) is 0 Å². The molecular formula is C12H19NO4. The van der Waals surface area contributed by atoms with Gasteiger partial charge in [-0.25, -0.2) is 0 Å². The molecular weight excluding hydrogens is 222 g/mol. The minimum atomic E-state index is -1.04. The molecule has 2 aliphatic rings. The predicted molar refractivity (Wildman–Crippen MR) is 60.3 cm³/mol. The Labute approximate surface area is 100 Å². The SMILES string of the molecule is CC(C)(CC(=O)N1CC(O)(C2CC2)C1)C(=O)O. The molecule has 96 valence electrons. The Kier molecular flexibility index (Phi) is 2.69. The number of likely N-dealkylation sites (tertiary alicyclic amines) is 1. The maximum atomic E-state index is 11.8. The molecule has 5 nitrogen and oxygen atoms in total. The molecule has 1 saturated heterocycles. The van der Waals surface area contributed by atoms with Crippen molar-refractivity contribution in [2.45, 2.75) is 38.7 Å². The van der Waals surface area contributed by atoms with Crippen molar-refractivity contribution in [2.75, 3.05) is 13.1 Å². The number of hydrogen-bond donors (Lipinski definition) is 2. The standard InChI is InChI=1S/C12H19NO4/c1-11(2,10(15)16)5-9(14)13-6-12(17,7-13)8-3-4-8/h8,17H,3-7H2,1-2H3,(H,15,16). The molecule has 0 bridgehead atoms. The summed E-state index contributed by atoms with van der Waals surface area (Å²) in [5.41, 5.74) is -1.73. The lowest BCUT2D eigenvalue weighted by atomic mass is 9.85. The van der Waals surface area contributed by atoms with E-state index in [4.69, 9.17) is 5.11 Å². The van der Waals surface area contributed by atoms with Crippen LogP contribution in [0.3, 0.4) is 0 Å². The van der Waals surface area contributed by atoms with Crippen LogP contribution in [0.2, 0.25) is 0 Å². The number of aliphatic carboxylic acids is 1. The molecule has 5 heteroatoms. The van der Waals surface area contributed by atoms with E-state index in [-0.39, 0.29) is 12.3 Å². The molecule has 17 heavy (non-hydrogen) atoms. The van der Waals surface area contributed by atoms with Gasteiger partial charge >= 0.3 is 5.97 Å². The molecule has 0 spiro atoms. The monoisotopic (exact) mass is 241 g/mol. The molecule has 0 radical (unpaired) electrons. The van der Waals surface area contributed by atoms with Crippen molar-refractivity contribution in [1.82, 2.24) is 4.90 Å². The minimum Gasteiger partial charge on any atom is -0.481 e. The van der Waals surface area contributed by atoms with Crippen molar-refractivity contribution in [3.05, 3.63) is 0 Å². The summed E-state index contributed by atoms with van der Waals surface area (Å²) in [5.74, 6) is -0.800. The van der Waals surface area contributed by atoms with Gasteiger partial charge in [-0.1, -0.05) is 0 Å². The molecule has 1 amide bonds. The van der Waals surface area contributed by atoms with E-state index in [1.54, 1.807) is 18.7 Å². The van der Waals surface area contributed by atoms with E-state index in [0.29, 0.717) is 19.0 Å². The third-order valence-corrected chi connectivity index (χ3v) is 3.79. The zero-order valence-electron chi connectivity index (χ0n) is 10.3. The molecule has 1 aliphatic carbocycles. The van der Waals surface area contributed by atoms with Crippen molar-refractivity contribution in [2.24, 2.45) is 11.3 Å². The predicted octanol–water partition coefficient (Wildman–Crippen LogP) is 0.471. The molecule has 0 aromatic heterocycles. The maximum absolute atomic E-state index is 11.8. The van der Waals surface area contributed by atoms with Crippen LogP contribution in [0.4, 0.5) is 0 Å². The van der Waals surface area contributed by atoms with Gasteiger partial charge in [0.05, 0.1) is 18.5 Å². The Hall–Kier alpha value is -1.10. The maximum Gasteiger partial charge on any atom is 0.309 e. The molecule has 0 unspecified atom stereocenters. The first-order chi connectivity index (χ1) is 7.74. The number of rotatable bonds is 4. The van der Waals surface area contributed by atoms with E-state index >= 15 is 0 Å². The lowest BCUT2D eigenvalue weighted by molar-refractivity contribution is -0.165. The Morgan fingerprint density at radius 3 is 2.29 bits per heavy atom. The highest BCUT2D eigenvalue weighted by Gasteiger charge is 2.53. The molecule has 1 saturated carbocycles. The van der Waals surface area contributed by atoms with E-state index < -0.39 is 17.0 Å². The minimum absolute atomic E-state index is 0.0108. The van der Waals surface area contributed by atoms with Crippen LogP contribution < -0.4 is 0 Å². The summed E-state index contributed by atoms with van der Waals surface area (Å²) in [6, 6.07) is 0. The molecule has 2 N–H and O–H groups in total. The fourth-order valence-corrected chi connectivity index (χ4v) is 2.24. The topological polar surface area (TPSA) is 77.8 Å². The van der Waals surface area contributed by atoms with Gasteiger partial charge in [0.25, 0.3) is 0 Å². The van der Waals surface area contributed by atoms with Crippen LogP contribution in [-0.4, -0.2) is 45.7 Å². The number of aliphatic hydroxyl groups is 1. The lowest BCUT2D eigenvalue weighted by Gasteiger charge is -2.47. The second kappa shape index (κ2) is 3.70. The molecule has 2 fully saturated rings. The van der Waals surface area contributed by atoms with Gasteiger partial charge in [-0.05, 0) is 32.6 Å². The zero-order valence-corrected chi connectivity index (χ0v) is 10.3. The molecule has 1 heterocycles. The number of carboxylic acid groups (broad SMARTS) is 1. The van der Waals surface area contributed by atoms with Crippen LogP contribution in [0.15, 0.2) is 0 Å². The first-order valence-electron chi connectivity index (χ1n) is 5.98. The van der Waals surface area contributed by atoms with Gasteiger partial charge in [0.15, 0.2) is 0 Å². The van der Waals surface area contributed by atoms with Gasteiger partial charge in [0.2, 0.25) is 5.91 Å². The number of hydrogen-bond acceptors (Lipinski definition) is 3. The van der Waals surface area contributed by atoms with Crippen LogP contribution in [0, 0.1) is 11.3 Å². The summed E-state index contributed by atoms with van der Waals surface area (Å²) in [4.78, 5) is 24.3. The van der Waals surface area contributed by atoms with E-state index in [0.717, 1.165) is 12.8 Å². The number of β-amino-alcohol motifs (C(OH)–C–C–N with tert-alkyl or cyclic N) is 1. The summed E-state index contributed by atoms with van der Waals surface area (Å²) >= 11 is 0. The van der Waals surface area contributed by atoms with Gasteiger partial charge in [-0.3, -0.25) is 9.59 Å². The highest BCUT2D eigenvalue weighted by atomic mass is 16.4. The van der Waals surface area contributed by atoms with Crippen molar-refractivity contribution < 1.29 is 19.8 Å². The quantitative estimate of drug-likeness (QED) is 0.750. The summed E-state index contributed by atoms with van der Waals surface area (Å²) < 4.78 is 0. The summed E-state index contributed by atoms with van der Waals surface area (Å²) in [7, 11) is 0. The van der Waals surface area contributed by atoms with E-state index in [1.165, 1.54) is 0 Å². The fraction of sp³-hybridized carbons (Fsp3) is 0.833. The average molecular weight is 241 g/mol. The van der Waals surface area contributed by atoms with Gasteiger partial charge in [0.1, 0.15) is 5.60 Å². The first-order valence-corrected chi connectivity index (χ1v) is 5.98. The number of carbonyl (C=O) groups excluding carboxylic acids is 1. The van der Waals surface area contributed by atoms with Crippen LogP contribution in [0.1, 0.15) is 33.1 Å². The Balaban J connectivity index is 1.85. The Morgan fingerprint density at radius 1 is 1.35 bits per heavy atom. The van der Waals surface area contributed by atoms with E-state index in [9.17, 15) is 14.7 Å². The molecule has 0 aromatic carbocycles. The van der Waals surface area contributed by atoms with Gasteiger partial charge in [-0.2, -0.15) is 0 Å². The summed E-state index contributed by atoms with van der Waals surface area (Å²) in [5, 5.41) is 19.0. The third-order valence-electron chi connectivity index (χ3n) is 3.79. The van der Waals surface area contributed by atoms with Gasteiger partial charge < -0.3 is 15.1 Å². The molecule has 1 aliphatic heterocycles.